The standard InChI is InChI=1S/C61H65FN12O6/c1-34(2)56(60(77)72-22-4-5-52(72)59(76)66-51(32-75)41-14-10-37(11-15-41)38-16-20-63-21-17-38)74-31-50(70-71-74)40-8-6-36(7-9-40)33-79-57-54(53-35(3)48(62)27-49-47(53)29-65-69-49)45(39-12-13-39)26-46-55(57)67-61(80-44-18-23-78-24-19-44)68-58(46)73-30-42-25-43(73)28-64-42/h6-11,14-17,20-21,26-27,29,31,34,39,42-44,51-52,56,64,75H,4-5,12-13,18-19,22-25,28,30,32-33H2,1-3H3,(H,65,69)(H,66,76). The first kappa shape index (κ1) is 51.6. The van der Waals surface area contributed by atoms with Gasteiger partial charge >= 0.3 is 6.01 Å². The molecule has 412 valence electrons. The Kier molecular flexibility index (Phi) is 14.0. The van der Waals surface area contributed by atoms with Crippen LogP contribution in [0.3, 0.4) is 0 Å². The molecule has 13 rings (SSSR count). The molecular weight excluding hydrogens is 1020 g/mol. The van der Waals surface area contributed by atoms with Crippen molar-refractivity contribution in [2.75, 3.05) is 44.4 Å². The van der Waals surface area contributed by atoms with E-state index >= 15 is 4.39 Å². The minimum Gasteiger partial charge on any atom is -0.486 e. The smallest absolute Gasteiger partial charge is 0.319 e. The quantitative estimate of drug-likeness (QED) is 0.0674. The number of hydrogen-bond donors (Lipinski definition) is 4. The van der Waals surface area contributed by atoms with Crippen molar-refractivity contribution < 1.29 is 33.3 Å². The molecule has 4 N–H and O–H groups in total. The summed E-state index contributed by atoms with van der Waals surface area (Å²) in [5.41, 5.74) is 9.30. The Balaban J connectivity index is 0.781. The summed E-state index contributed by atoms with van der Waals surface area (Å²) in [5, 5.41) is 35.2. The number of carbonyl (C=O) groups excluding carboxylic acids is 2. The van der Waals surface area contributed by atoms with Gasteiger partial charge in [0.1, 0.15) is 47.6 Å². The minimum absolute atomic E-state index is 0.106. The SMILES string of the molecule is Cc1c(F)cc2[nH]ncc2c1-c1c(C2CC2)cc2c(N3CC4CC3CN4)nc(OC3CCOCC3)nc2c1OCc1ccc(-c2cn(C(C(=O)N3CCCC3C(=O)NC(CO)c3ccc(-c4ccncc4)cc3)C(C)C)nn2)cc1. The zero-order valence-corrected chi connectivity index (χ0v) is 45.1. The molecule has 2 amide bonds. The van der Waals surface area contributed by atoms with Crippen LogP contribution in [0.2, 0.25) is 0 Å². The first-order valence-corrected chi connectivity index (χ1v) is 28.2. The lowest BCUT2D eigenvalue weighted by molar-refractivity contribution is -0.142. The number of rotatable bonds is 17. The highest BCUT2D eigenvalue weighted by Gasteiger charge is 2.42. The number of ether oxygens (including phenoxy) is 3. The van der Waals surface area contributed by atoms with Gasteiger partial charge in [-0.25, -0.2) is 9.07 Å². The number of piperazine rings is 1. The highest BCUT2D eigenvalue weighted by Crippen LogP contribution is 2.53. The Bertz CT molecular complexity index is 3580. The maximum atomic E-state index is 16.1. The number of amides is 2. The summed E-state index contributed by atoms with van der Waals surface area (Å²) in [5.74, 6) is 0.545. The minimum atomic E-state index is -0.726. The number of halogens is 1. The van der Waals surface area contributed by atoms with E-state index in [0.29, 0.717) is 66.7 Å². The fourth-order valence-corrected chi connectivity index (χ4v) is 12.5. The summed E-state index contributed by atoms with van der Waals surface area (Å²) >= 11 is 0. The summed E-state index contributed by atoms with van der Waals surface area (Å²) in [6.45, 7) is 8.91. The van der Waals surface area contributed by atoms with E-state index in [1.54, 1.807) is 34.4 Å². The second-order valence-electron chi connectivity index (χ2n) is 22.5. The second kappa shape index (κ2) is 21.6. The average molecular weight is 1080 g/mol. The van der Waals surface area contributed by atoms with Crippen molar-refractivity contribution in [1.82, 2.24) is 55.7 Å². The van der Waals surface area contributed by atoms with Crippen LogP contribution in [0.25, 0.3) is 55.3 Å². The molecule has 5 atom stereocenters. The van der Waals surface area contributed by atoms with E-state index in [1.807, 2.05) is 81.4 Å². The Morgan fingerprint density at radius 1 is 0.925 bits per heavy atom. The highest BCUT2D eigenvalue weighted by atomic mass is 19.1. The summed E-state index contributed by atoms with van der Waals surface area (Å²) in [4.78, 5) is 47.2. The molecule has 1 aliphatic carbocycles. The van der Waals surface area contributed by atoms with E-state index in [2.05, 4.69) is 47.1 Å². The van der Waals surface area contributed by atoms with Gasteiger partial charge in [0.05, 0.1) is 43.8 Å². The van der Waals surface area contributed by atoms with Gasteiger partial charge in [0.2, 0.25) is 11.8 Å². The molecule has 4 aromatic heterocycles. The predicted molar refractivity (Wildman–Crippen MR) is 299 cm³/mol. The Morgan fingerprint density at radius 2 is 1.70 bits per heavy atom. The number of benzene rings is 4. The number of nitrogens with one attached hydrogen (secondary N) is 3. The lowest BCUT2D eigenvalue weighted by atomic mass is 9.88. The van der Waals surface area contributed by atoms with Crippen LogP contribution in [0.1, 0.15) is 99.0 Å². The highest BCUT2D eigenvalue weighted by molar-refractivity contribution is 6.06. The topological polar surface area (TPSA) is 211 Å². The number of aliphatic hydroxyl groups excluding tert-OH is 1. The van der Waals surface area contributed by atoms with Crippen molar-refractivity contribution in [2.45, 2.75) is 115 Å². The van der Waals surface area contributed by atoms with Gasteiger partial charge in [-0.15, -0.1) is 5.10 Å². The largest absolute Gasteiger partial charge is 0.486 e. The first-order valence-electron chi connectivity index (χ1n) is 28.2. The number of aliphatic hydroxyl groups is 1. The van der Waals surface area contributed by atoms with Gasteiger partial charge in [-0.05, 0) is 109 Å². The number of H-pyrrole nitrogens is 1. The monoisotopic (exact) mass is 1080 g/mol. The molecule has 19 heteroatoms. The van der Waals surface area contributed by atoms with Crippen molar-refractivity contribution in [1.29, 1.82) is 0 Å². The molecule has 4 aromatic carbocycles. The number of carbonyl (C=O) groups is 2. The molecule has 18 nitrogen and oxygen atoms in total. The third-order valence-electron chi connectivity index (χ3n) is 16.9. The van der Waals surface area contributed by atoms with Gasteiger partial charge in [0, 0.05) is 84.4 Å². The van der Waals surface area contributed by atoms with E-state index in [9.17, 15) is 14.7 Å². The molecule has 2 bridgehead atoms. The third kappa shape index (κ3) is 9.89. The van der Waals surface area contributed by atoms with Gasteiger partial charge in [-0.2, -0.15) is 15.1 Å². The molecule has 8 heterocycles. The Morgan fingerprint density at radius 3 is 2.42 bits per heavy atom. The molecule has 80 heavy (non-hydrogen) atoms. The number of likely N-dealkylation sites (tertiary alicyclic amines) is 1. The number of aromatic amines is 1. The molecule has 1 saturated carbocycles. The normalized spacial score (nSPS) is 20.1. The van der Waals surface area contributed by atoms with Crippen LogP contribution in [0.5, 0.6) is 11.8 Å². The van der Waals surface area contributed by atoms with Crippen LogP contribution in [0.4, 0.5) is 10.2 Å². The van der Waals surface area contributed by atoms with Gasteiger partial charge < -0.3 is 39.8 Å². The summed E-state index contributed by atoms with van der Waals surface area (Å²) in [6, 6.07) is 22.0. The van der Waals surface area contributed by atoms with E-state index in [1.165, 1.54) is 6.07 Å². The zero-order chi connectivity index (χ0) is 54.6. The van der Waals surface area contributed by atoms with Crippen molar-refractivity contribution in [3.05, 3.63) is 126 Å². The van der Waals surface area contributed by atoms with Gasteiger partial charge in [0.25, 0.3) is 0 Å². The van der Waals surface area contributed by atoms with Crippen LogP contribution in [-0.4, -0.2) is 126 Å². The molecule has 8 aromatic rings. The molecular formula is C61H65FN12O6. The maximum absolute atomic E-state index is 16.1. The number of hydrogen-bond acceptors (Lipinski definition) is 14. The van der Waals surface area contributed by atoms with E-state index in [0.717, 1.165) is 106 Å². The third-order valence-corrected chi connectivity index (χ3v) is 16.9. The van der Waals surface area contributed by atoms with Crippen LogP contribution < -0.4 is 25.0 Å². The fraction of sp³-hybridized carbons (Fsp3) is 0.410. The van der Waals surface area contributed by atoms with E-state index < -0.39 is 18.1 Å². The number of pyridine rings is 1. The number of aromatic nitrogens is 8. The Labute approximate surface area is 462 Å². The predicted octanol–water partition coefficient (Wildman–Crippen LogP) is 8.54. The molecule has 0 radical (unpaired) electrons. The molecule has 4 saturated heterocycles. The second-order valence-corrected chi connectivity index (χ2v) is 22.5. The lowest BCUT2D eigenvalue weighted by Crippen LogP contribution is -2.50. The number of anilines is 1. The van der Waals surface area contributed by atoms with Crippen LogP contribution >= 0.6 is 0 Å². The maximum Gasteiger partial charge on any atom is 0.319 e. The number of fused-ring (bicyclic) bond motifs is 4. The summed E-state index contributed by atoms with van der Waals surface area (Å²) < 4.78 is 37.2. The van der Waals surface area contributed by atoms with Gasteiger partial charge in [-0.1, -0.05) is 67.6 Å². The van der Waals surface area contributed by atoms with E-state index in [-0.39, 0.29) is 60.8 Å². The van der Waals surface area contributed by atoms with Crippen molar-refractivity contribution >= 4 is 39.4 Å². The van der Waals surface area contributed by atoms with Crippen molar-refractivity contribution in [3.63, 3.8) is 0 Å². The zero-order valence-electron chi connectivity index (χ0n) is 45.1. The summed E-state index contributed by atoms with van der Waals surface area (Å²) in [6.07, 6.45) is 12.6. The van der Waals surface area contributed by atoms with Crippen molar-refractivity contribution in [2.24, 2.45) is 5.92 Å². The first-order chi connectivity index (χ1) is 39.1. The van der Waals surface area contributed by atoms with Crippen LogP contribution in [0, 0.1) is 18.7 Å². The molecule has 5 fully saturated rings. The lowest BCUT2D eigenvalue weighted by Gasteiger charge is -2.31. The molecule has 5 aliphatic rings. The van der Waals surface area contributed by atoms with Crippen molar-refractivity contribution in [3.8, 4) is 45.3 Å². The Hall–Kier alpha value is -7.87. The van der Waals surface area contributed by atoms with Gasteiger partial charge in [0.15, 0.2) is 5.75 Å². The summed E-state index contributed by atoms with van der Waals surface area (Å²) in [7, 11) is 0. The van der Waals surface area contributed by atoms with E-state index in [4.69, 9.17) is 24.2 Å². The molecule has 4 aliphatic heterocycles. The van der Waals surface area contributed by atoms with Crippen LogP contribution in [0.15, 0.2) is 97.6 Å². The average Bonchev–Trinajstić information content (AvgIpc) is 4.21. The van der Waals surface area contributed by atoms with Crippen LogP contribution in [-0.2, 0) is 20.9 Å². The molecule has 5 unspecified atom stereocenters. The molecule has 0 spiro atoms. The fourth-order valence-electron chi connectivity index (χ4n) is 12.5. The number of nitrogens with zero attached hydrogens (tertiary/aromatic N) is 9. The van der Waals surface area contributed by atoms with Gasteiger partial charge in [-0.3, -0.25) is 19.7 Å².